The summed E-state index contributed by atoms with van der Waals surface area (Å²) in [6.07, 6.45) is 3.22. The monoisotopic (exact) mass is 491 g/mol. The van der Waals surface area contributed by atoms with Crippen molar-refractivity contribution in [1.82, 2.24) is 24.5 Å². The molecule has 182 valence electrons. The van der Waals surface area contributed by atoms with Crippen LogP contribution < -0.4 is 5.48 Å². The molecule has 2 rings (SSSR count). The fourth-order valence-electron chi connectivity index (χ4n) is 4.20. The van der Waals surface area contributed by atoms with Gasteiger partial charge in [-0.1, -0.05) is 25.4 Å². The molecule has 1 saturated heterocycles. The standard InChI is InChI=1S/C20H34ClN5O5S/c1-13(2)11-15(20(28)26-9-7-6-8-10-26)16(19(27)23-29)12-24(4)32(30,31)17-14(3)22-25(5)18(17)21/h13,15-16,29H,6-12H2,1-5H3,(H,23,27)/t15-,16+/m1/s1. The predicted octanol–water partition coefficient (Wildman–Crippen LogP) is 1.80. The van der Waals surface area contributed by atoms with Crippen molar-refractivity contribution in [2.75, 3.05) is 26.7 Å². The highest BCUT2D eigenvalue weighted by Crippen LogP contribution is 2.30. The van der Waals surface area contributed by atoms with Gasteiger partial charge in [0, 0.05) is 33.7 Å². The number of carbonyl (C=O) groups excluding carboxylic acids is 2. The molecule has 12 heteroatoms. The smallest absolute Gasteiger partial charge is 0.248 e. The van der Waals surface area contributed by atoms with Gasteiger partial charge in [-0.25, -0.2) is 13.9 Å². The first-order valence-corrected chi connectivity index (χ1v) is 12.6. The molecule has 10 nitrogen and oxygen atoms in total. The Labute approximate surface area is 194 Å². The molecule has 0 aliphatic carbocycles. The van der Waals surface area contributed by atoms with Gasteiger partial charge in [0.2, 0.25) is 21.8 Å². The summed E-state index contributed by atoms with van der Waals surface area (Å²) in [5.41, 5.74) is 1.86. The minimum atomic E-state index is -4.10. The van der Waals surface area contributed by atoms with Gasteiger partial charge in [-0.2, -0.15) is 9.40 Å². The topological polar surface area (TPSA) is 125 Å². The van der Waals surface area contributed by atoms with Gasteiger partial charge in [-0.05, 0) is 38.5 Å². The van der Waals surface area contributed by atoms with E-state index in [0.717, 1.165) is 23.6 Å². The van der Waals surface area contributed by atoms with Crippen LogP contribution in [0.1, 0.15) is 45.2 Å². The van der Waals surface area contributed by atoms with Gasteiger partial charge in [0.15, 0.2) is 0 Å². The molecule has 0 bridgehead atoms. The van der Waals surface area contributed by atoms with Crippen molar-refractivity contribution in [3.63, 3.8) is 0 Å². The summed E-state index contributed by atoms with van der Waals surface area (Å²) < 4.78 is 28.8. The average Bonchev–Trinajstić information content (AvgIpc) is 3.01. The van der Waals surface area contributed by atoms with Crippen LogP contribution in [0.3, 0.4) is 0 Å². The number of carbonyl (C=O) groups is 2. The molecule has 0 saturated carbocycles. The van der Waals surface area contributed by atoms with E-state index in [0.29, 0.717) is 19.5 Å². The van der Waals surface area contributed by atoms with Crippen LogP contribution in [0.5, 0.6) is 0 Å². The van der Waals surface area contributed by atoms with E-state index in [4.69, 9.17) is 11.6 Å². The van der Waals surface area contributed by atoms with E-state index < -0.39 is 27.8 Å². The molecule has 0 unspecified atom stereocenters. The summed E-state index contributed by atoms with van der Waals surface area (Å²) in [6.45, 7) is 6.33. The van der Waals surface area contributed by atoms with Crippen molar-refractivity contribution < 1.29 is 23.2 Å². The molecule has 0 spiro atoms. The lowest BCUT2D eigenvalue weighted by atomic mass is 9.83. The van der Waals surface area contributed by atoms with E-state index in [1.54, 1.807) is 10.4 Å². The third-order valence-electron chi connectivity index (χ3n) is 5.87. The van der Waals surface area contributed by atoms with Gasteiger partial charge in [-0.3, -0.25) is 19.5 Å². The molecule has 1 aliphatic rings. The molecule has 0 radical (unpaired) electrons. The second-order valence-corrected chi connectivity index (χ2v) is 11.2. The van der Waals surface area contributed by atoms with Crippen LogP contribution in [-0.4, -0.2) is 71.1 Å². The SMILES string of the molecule is Cc1nn(C)c(Cl)c1S(=O)(=O)N(C)C[C@H](C(=O)NO)[C@@H](CC(C)C)C(=O)N1CCCCC1. The zero-order valence-electron chi connectivity index (χ0n) is 19.3. The Kier molecular flexibility index (Phi) is 9.09. The molecular weight excluding hydrogens is 458 g/mol. The number of aromatic nitrogens is 2. The Morgan fingerprint density at radius 2 is 1.81 bits per heavy atom. The summed E-state index contributed by atoms with van der Waals surface area (Å²) in [4.78, 5) is 27.6. The first-order chi connectivity index (χ1) is 14.9. The molecule has 2 amide bonds. The highest BCUT2D eigenvalue weighted by atomic mass is 35.5. The van der Waals surface area contributed by atoms with Crippen molar-refractivity contribution in [2.45, 2.75) is 51.3 Å². The van der Waals surface area contributed by atoms with Gasteiger partial charge >= 0.3 is 0 Å². The number of nitrogens with zero attached hydrogens (tertiary/aromatic N) is 4. The normalized spacial score (nSPS) is 17.0. The van der Waals surface area contributed by atoms with Gasteiger partial charge in [0.25, 0.3) is 0 Å². The predicted molar refractivity (Wildman–Crippen MR) is 120 cm³/mol. The maximum atomic E-state index is 13.4. The summed E-state index contributed by atoms with van der Waals surface area (Å²) in [6, 6.07) is 0. The van der Waals surface area contributed by atoms with E-state index in [1.807, 2.05) is 13.8 Å². The van der Waals surface area contributed by atoms with Gasteiger partial charge in [0.05, 0.1) is 17.5 Å². The maximum absolute atomic E-state index is 13.4. The lowest BCUT2D eigenvalue weighted by Crippen LogP contribution is -2.49. The minimum absolute atomic E-state index is 0.0411. The minimum Gasteiger partial charge on any atom is -0.342 e. The van der Waals surface area contributed by atoms with Crippen LogP contribution in [0, 0.1) is 24.7 Å². The third kappa shape index (κ3) is 5.81. The summed E-state index contributed by atoms with van der Waals surface area (Å²) in [5, 5.41) is 13.4. The molecule has 1 aliphatic heterocycles. The maximum Gasteiger partial charge on any atom is 0.248 e. The molecule has 1 aromatic heterocycles. The molecule has 2 atom stereocenters. The number of nitrogens with one attached hydrogen (secondary N) is 1. The van der Waals surface area contributed by atoms with Crippen molar-refractivity contribution in [3.8, 4) is 0 Å². The molecule has 0 aromatic carbocycles. The van der Waals surface area contributed by atoms with Crippen LogP contribution in [0.15, 0.2) is 4.90 Å². The molecule has 1 fully saturated rings. The van der Waals surface area contributed by atoms with Crippen LogP contribution >= 0.6 is 11.6 Å². The zero-order valence-corrected chi connectivity index (χ0v) is 20.9. The second-order valence-electron chi connectivity index (χ2n) is 8.82. The lowest BCUT2D eigenvalue weighted by Gasteiger charge is -2.35. The van der Waals surface area contributed by atoms with E-state index in [1.165, 1.54) is 25.7 Å². The second kappa shape index (κ2) is 11.0. The van der Waals surface area contributed by atoms with Crippen molar-refractivity contribution in [3.05, 3.63) is 10.8 Å². The van der Waals surface area contributed by atoms with Crippen LogP contribution in [0.25, 0.3) is 0 Å². The number of likely N-dealkylation sites (tertiary alicyclic amines) is 1. The van der Waals surface area contributed by atoms with Crippen LogP contribution in [0.4, 0.5) is 0 Å². The summed E-state index contributed by atoms with van der Waals surface area (Å²) in [7, 11) is -1.24. The number of amides is 2. The Balaban J connectivity index is 2.39. The van der Waals surface area contributed by atoms with Crippen LogP contribution in [-0.2, 0) is 26.7 Å². The van der Waals surface area contributed by atoms with Gasteiger partial charge in [0.1, 0.15) is 10.0 Å². The highest BCUT2D eigenvalue weighted by molar-refractivity contribution is 7.89. The lowest BCUT2D eigenvalue weighted by molar-refractivity contribution is -0.146. The Hall–Kier alpha value is -1.69. The number of piperidine rings is 1. The number of hydrogen-bond donors (Lipinski definition) is 2. The van der Waals surface area contributed by atoms with Crippen molar-refractivity contribution in [1.29, 1.82) is 0 Å². The first kappa shape index (κ1) is 26.6. The highest BCUT2D eigenvalue weighted by Gasteiger charge is 2.40. The van der Waals surface area contributed by atoms with Gasteiger partial charge in [-0.15, -0.1) is 0 Å². The quantitative estimate of drug-likeness (QED) is 0.401. The summed E-state index contributed by atoms with van der Waals surface area (Å²) >= 11 is 6.17. The molecule has 2 heterocycles. The largest absolute Gasteiger partial charge is 0.342 e. The number of halogens is 1. The first-order valence-electron chi connectivity index (χ1n) is 10.8. The van der Waals surface area contributed by atoms with E-state index in [-0.39, 0.29) is 34.1 Å². The Morgan fingerprint density at radius 3 is 2.28 bits per heavy atom. The van der Waals surface area contributed by atoms with Crippen LogP contribution in [0.2, 0.25) is 5.15 Å². The summed E-state index contributed by atoms with van der Waals surface area (Å²) in [5.74, 6) is -2.75. The van der Waals surface area contributed by atoms with Gasteiger partial charge < -0.3 is 4.90 Å². The number of sulfonamides is 1. The number of hydroxylamine groups is 1. The fraction of sp³-hybridized carbons (Fsp3) is 0.750. The van der Waals surface area contributed by atoms with E-state index in [2.05, 4.69) is 5.10 Å². The Bertz CT molecular complexity index is 927. The molecule has 1 aromatic rings. The number of aryl methyl sites for hydroxylation is 2. The average molecular weight is 492 g/mol. The van der Waals surface area contributed by atoms with Crippen molar-refractivity contribution in [2.24, 2.45) is 24.8 Å². The fourth-order valence-corrected chi connectivity index (χ4v) is 6.10. The number of hydrogen-bond acceptors (Lipinski definition) is 6. The molecule has 2 N–H and O–H groups in total. The van der Waals surface area contributed by atoms with E-state index >= 15 is 0 Å². The third-order valence-corrected chi connectivity index (χ3v) is 8.39. The molecular formula is C20H34ClN5O5S. The zero-order chi connectivity index (χ0) is 24.2. The number of rotatable bonds is 9. The molecule has 32 heavy (non-hydrogen) atoms. The van der Waals surface area contributed by atoms with E-state index in [9.17, 15) is 23.2 Å². The Morgan fingerprint density at radius 1 is 1.22 bits per heavy atom. The van der Waals surface area contributed by atoms with Crippen molar-refractivity contribution >= 4 is 33.4 Å².